The summed E-state index contributed by atoms with van der Waals surface area (Å²) in [6.07, 6.45) is 5.12. The molecule has 0 spiro atoms. The number of ether oxygens (including phenoxy) is 1. The molecule has 1 saturated heterocycles. The fraction of sp³-hybridized carbons (Fsp3) is 0.650. The molecule has 3 rings (SSSR count). The molecule has 1 aromatic rings. The lowest BCUT2D eigenvalue weighted by molar-refractivity contribution is 0.197. The predicted molar refractivity (Wildman–Crippen MR) is 124 cm³/mol. The van der Waals surface area contributed by atoms with Crippen LogP contribution in [0.25, 0.3) is 0 Å². The average Bonchev–Trinajstić information content (AvgIpc) is 3.48. The molecule has 5 nitrogen and oxygen atoms in total. The second-order valence-corrected chi connectivity index (χ2v) is 7.67. The molecule has 7 heteroatoms. The minimum absolute atomic E-state index is 0. The highest BCUT2D eigenvalue weighted by atomic mass is 127. The summed E-state index contributed by atoms with van der Waals surface area (Å²) in [7, 11) is 0. The van der Waals surface area contributed by atoms with Crippen molar-refractivity contribution in [3.05, 3.63) is 29.3 Å². The van der Waals surface area contributed by atoms with Gasteiger partial charge in [-0.3, -0.25) is 0 Å². The van der Waals surface area contributed by atoms with Crippen molar-refractivity contribution in [2.24, 2.45) is 4.99 Å². The van der Waals surface area contributed by atoms with Crippen molar-refractivity contribution in [2.75, 3.05) is 26.2 Å². The third-order valence-corrected chi connectivity index (χ3v) is 5.26. The summed E-state index contributed by atoms with van der Waals surface area (Å²) in [5, 5.41) is 7.58. The van der Waals surface area contributed by atoms with Gasteiger partial charge < -0.3 is 20.3 Å². The maximum Gasteiger partial charge on any atom is 0.191 e. The highest BCUT2D eigenvalue weighted by Gasteiger charge is 2.31. The lowest BCUT2D eigenvalue weighted by Crippen LogP contribution is -2.49. The number of aliphatic imine (C=N–C) groups is 1. The quantitative estimate of drug-likeness (QED) is 0.334. The van der Waals surface area contributed by atoms with E-state index in [0.717, 1.165) is 18.5 Å². The normalized spacial score (nSPS) is 19.9. The average molecular weight is 507 g/mol. The highest BCUT2D eigenvalue weighted by Crippen LogP contribution is 2.29. The van der Waals surface area contributed by atoms with E-state index in [9.17, 15) is 0 Å². The molecule has 1 aromatic carbocycles. The largest absolute Gasteiger partial charge is 0.487 e. The van der Waals surface area contributed by atoms with Crippen LogP contribution in [0, 0.1) is 0 Å². The number of halogens is 2. The fourth-order valence-electron chi connectivity index (χ4n) is 3.38. The van der Waals surface area contributed by atoms with Gasteiger partial charge in [-0.15, -0.1) is 24.0 Å². The molecule has 1 aliphatic heterocycles. The zero-order valence-electron chi connectivity index (χ0n) is 16.3. The Labute approximate surface area is 185 Å². The molecule has 27 heavy (non-hydrogen) atoms. The van der Waals surface area contributed by atoms with Crippen LogP contribution in [0.3, 0.4) is 0 Å². The summed E-state index contributed by atoms with van der Waals surface area (Å²) in [5.74, 6) is 1.59. The van der Waals surface area contributed by atoms with Gasteiger partial charge >= 0.3 is 0 Å². The minimum Gasteiger partial charge on any atom is -0.487 e. The Kier molecular flexibility index (Phi) is 9.45. The van der Waals surface area contributed by atoms with Crippen molar-refractivity contribution in [3.63, 3.8) is 0 Å². The molecule has 2 fully saturated rings. The summed E-state index contributed by atoms with van der Waals surface area (Å²) in [6.45, 7) is 7.95. The molecule has 1 unspecified atom stereocenters. The standard InChI is InChI=1S/C20H31ClN4O.HI/c1-3-22-20(24-16-10-12-25(13-11-16)17-8-9-17)23-14-15(2)26-19-7-5-4-6-18(19)21;/h4-7,15-17H,3,8-14H2,1-2H3,(H2,22,23,24);1H. The Balaban J connectivity index is 0.00000261. The molecule has 0 radical (unpaired) electrons. The number of benzene rings is 1. The Bertz CT molecular complexity index is 603. The molecular weight excluding hydrogens is 475 g/mol. The van der Waals surface area contributed by atoms with Crippen molar-refractivity contribution < 1.29 is 4.74 Å². The van der Waals surface area contributed by atoms with Gasteiger partial charge in [0.05, 0.1) is 11.6 Å². The van der Waals surface area contributed by atoms with E-state index in [4.69, 9.17) is 21.3 Å². The Hall–Kier alpha value is -0.730. The van der Waals surface area contributed by atoms with Crippen LogP contribution in [-0.4, -0.2) is 55.2 Å². The first-order valence-corrected chi connectivity index (χ1v) is 10.2. The fourth-order valence-corrected chi connectivity index (χ4v) is 3.56. The number of nitrogens with zero attached hydrogens (tertiary/aromatic N) is 2. The summed E-state index contributed by atoms with van der Waals surface area (Å²) in [5.41, 5.74) is 0. The van der Waals surface area contributed by atoms with Gasteiger partial charge in [-0.05, 0) is 51.7 Å². The van der Waals surface area contributed by atoms with E-state index in [0.29, 0.717) is 23.4 Å². The number of guanidine groups is 1. The Morgan fingerprint density at radius 3 is 2.59 bits per heavy atom. The predicted octanol–water partition coefficient (Wildman–Crippen LogP) is 3.91. The molecule has 1 aliphatic carbocycles. The molecule has 2 N–H and O–H groups in total. The second-order valence-electron chi connectivity index (χ2n) is 7.26. The van der Waals surface area contributed by atoms with E-state index in [1.807, 2.05) is 31.2 Å². The molecule has 152 valence electrons. The van der Waals surface area contributed by atoms with Gasteiger partial charge in [0.15, 0.2) is 5.96 Å². The van der Waals surface area contributed by atoms with E-state index >= 15 is 0 Å². The highest BCUT2D eigenvalue weighted by molar-refractivity contribution is 14.0. The summed E-state index contributed by atoms with van der Waals surface area (Å²) in [6, 6.07) is 8.94. The van der Waals surface area contributed by atoms with Gasteiger partial charge in [-0.1, -0.05) is 23.7 Å². The van der Waals surface area contributed by atoms with Crippen molar-refractivity contribution in [2.45, 2.75) is 57.7 Å². The van der Waals surface area contributed by atoms with E-state index in [1.165, 1.54) is 38.8 Å². The van der Waals surface area contributed by atoms with E-state index in [1.54, 1.807) is 0 Å². The number of piperidine rings is 1. The molecule has 1 saturated carbocycles. The zero-order valence-corrected chi connectivity index (χ0v) is 19.4. The molecule has 2 aliphatic rings. The van der Waals surface area contributed by atoms with Gasteiger partial charge in [-0.25, -0.2) is 4.99 Å². The summed E-state index contributed by atoms with van der Waals surface area (Å²) in [4.78, 5) is 7.35. The third kappa shape index (κ3) is 7.31. The number of hydrogen-bond acceptors (Lipinski definition) is 3. The van der Waals surface area contributed by atoms with Gasteiger partial charge in [0.2, 0.25) is 0 Å². The minimum atomic E-state index is -0.0397. The van der Waals surface area contributed by atoms with Crippen molar-refractivity contribution in [1.82, 2.24) is 15.5 Å². The second kappa shape index (κ2) is 11.3. The number of para-hydroxylation sites is 1. The molecule has 0 aromatic heterocycles. The van der Waals surface area contributed by atoms with Crippen molar-refractivity contribution in [3.8, 4) is 5.75 Å². The van der Waals surface area contributed by atoms with Crippen LogP contribution in [0.4, 0.5) is 0 Å². The Morgan fingerprint density at radius 2 is 1.96 bits per heavy atom. The number of rotatable bonds is 7. The number of likely N-dealkylation sites (tertiary alicyclic amines) is 1. The first-order valence-electron chi connectivity index (χ1n) is 9.85. The topological polar surface area (TPSA) is 48.9 Å². The first kappa shape index (κ1) is 22.6. The third-order valence-electron chi connectivity index (χ3n) is 4.95. The van der Waals surface area contributed by atoms with E-state index in [-0.39, 0.29) is 30.1 Å². The number of nitrogens with one attached hydrogen (secondary N) is 2. The lowest BCUT2D eigenvalue weighted by Gasteiger charge is -2.33. The van der Waals surface area contributed by atoms with Gasteiger partial charge in [0, 0.05) is 31.7 Å². The van der Waals surface area contributed by atoms with Crippen molar-refractivity contribution in [1.29, 1.82) is 0 Å². The summed E-state index contributed by atoms with van der Waals surface area (Å²) < 4.78 is 5.91. The van der Waals surface area contributed by atoms with Crippen molar-refractivity contribution >= 4 is 41.5 Å². The van der Waals surface area contributed by atoms with Crippen LogP contribution >= 0.6 is 35.6 Å². The SMILES string of the molecule is CCNC(=NCC(C)Oc1ccccc1Cl)NC1CCN(C2CC2)CC1.I. The summed E-state index contributed by atoms with van der Waals surface area (Å²) >= 11 is 6.16. The van der Waals surface area contributed by atoms with E-state index < -0.39 is 0 Å². The lowest BCUT2D eigenvalue weighted by atomic mass is 10.1. The van der Waals surface area contributed by atoms with Crippen LogP contribution < -0.4 is 15.4 Å². The van der Waals surface area contributed by atoms with Crippen LogP contribution in [0.1, 0.15) is 39.5 Å². The maximum absolute atomic E-state index is 6.16. The van der Waals surface area contributed by atoms with Gasteiger partial charge in [0.25, 0.3) is 0 Å². The Morgan fingerprint density at radius 1 is 1.26 bits per heavy atom. The van der Waals surface area contributed by atoms with Gasteiger partial charge in [0.1, 0.15) is 11.9 Å². The van der Waals surface area contributed by atoms with Crippen LogP contribution in [0.2, 0.25) is 5.02 Å². The van der Waals surface area contributed by atoms with Crippen LogP contribution in [-0.2, 0) is 0 Å². The number of hydrogen-bond donors (Lipinski definition) is 2. The molecule has 0 bridgehead atoms. The van der Waals surface area contributed by atoms with Crippen LogP contribution in [0.15, 0.2) is 29.3 Å². The molecule has 1 atom stereocenters. The first-order chi connectivity index (χ1) is 12.7. The monoisotopic (exact) mass is 506 g/mol. The van der Waals surface area contributed by atoms with E-state index in [2.05, 4.69) is 22.5 Å². The zero-order chi connectivity index (χ0) is 18.4. The smallest absolute Gasteiger partial charge is 0.191 e. The molecule has 0 amide bonds. The molecular formula is C20H32ClIN4O. The molecule has 1 heterocycles. The maximum atomic E-state index is 6.16. The van der Waals surface area contributed by atoms with Gasteiger partial charge in [-0.2, -0.15) is 0 Å². The van der Waals surface area contributed by atoms with Crippen LogP contribution in [0.5, 0.6) is 5.75 Å².